The molecule has 0 aliphatic carbocycles. The van der Waals surface area contributed by atoms with Crippen molar-refractivity contribution >= 4 is 19.9 Å². The lowest BCUT2D eigenvalue weighted by molar-refractivity contribution is 0.541. The van der Waals surface area contributed by atoms with Crippen molar-refractivity contribution in [1.82, 2.24) is 9.55 Å². The average molecular weight is 279 g/mol. The van der Waals surface area contributed by atoms with E-state index in [1.807, 2.05) is 0 Å². The highest BCUT2D eigenvalue weighted by Crippen LogP contribution is 2.25. The third-order valence-electron chi connectivity index (χ3n) is 2.79. The monoisotopic (exact) mass is 279 g/mol. The second-order valence-corrected chi connectivity index (χ2v) is 7.87. The van der Waals surface area contributed by atoms with Crippen molar-refractivity contribution in [2.75, 3.05) is 11.5 Å². The zero-order valence-electron chi connectivity index (χ0n) is 9.20. The quantitative estimate of drug-likeness (QED) is 0.761. The molecule has 0 radical (unpaired) electrons. The fourth-order valence-electron chi connectivity index (χ4n) is 1.96. The van der Waals surface area contributed by atoms with Crippen LogP contribution < -0.4 is 5.14 Å². The van der Waals surface area contributed by atoms with Gasteiger partial charge in [0.15, 0.2) is 14.9 Å². The largest absolute Gasteiger partial charge is 0.330 e. The van der Waals surface area contributed by atoms with Crippen LogP contribution in [-0.2, 0) is 19.9 Å². The van der Waals surface area contributed by atoms with E-state index in [9.17, 15) is 16.8 Å². The number of hydrogen-bond acceptors (Lipinski definition) is 5. The van der Waals surface area contributed by atoms with E-state index >= 15 is 0 Å². The third kappa shape index (κ3) is 2.50. The zero-order chi connectivity index (χ0) is 12.8. The van der Waals surface area contributed by atoms with Gasteiger partial charge >= 0.3 is 0 Å². The summed E-state index contributed by atoms with van der Waals surface area (Å²) < 4.78 is 46.5. The SMILES string of the molecule is Cc1nc(S(N)(=O)=O)cn1C1CCS(=O)(=O)C1. The summed E-state index contributed by atoms with van der Waals surface area (Å²) in [5.41, 5.74) is 0. The number of aromatic nitrogens is 2. The lowest BCUT2D eigenvalue weighted by Crippen LogP contribution is -2.13. The van der Waals surface area contributed by atoms with E-state index in [0.29, 0.717) is 12.2 Å². The molecule has 1 atom stereocenters. The van der Waals surface area contributed by atoms with Crippen LogP contribution in [0.3, 0.4) is 0 Å². The summed E-state index contributed by atoms with van der Waals surface area (Å²) in [6.45, 7) is 1.62. The summed E-state index contributed by atoms with van der Waals surface area (Å²) in [6.07, 6.45) is 1.78. The minimum atomic E-state index is -3.84. The summed E-state index contributed by atoms with van der Waals surface area (Å²) in [4.78, 5) is 3.83. The summed E-state index contributed by atoms with van der Waals surface area (Å²) in [7, 11) is -6.86. The Morgan fingerprint density at radius 1 is 1.53 bits per heavy atom. The van der Waals surface area contributed by atoms with Gasteiger partial charge in [-0.3, -0.25) is 0 Å². The molecule has 1 aliphatic heterocycles. The van der Waals surface area contributed by atoms with E-state index in [4.69, 9.17) is 5.14 Å². The zero-order valence-corrected chi connectivity index (χ0v) is 10.8. The average Bonchev–Trinajstić information content (AvgIpc) is 2.68. The minimum absolute atomic E-state index is 0.0221. The van der Waals surface area contributed by atoms with Crippen molar-refractivity contribution in [1.29, 1.82) is 0 Å². The number of sulfone groups is 1. The van der Waals surface area contributed by atoms with Gasteiger partial charge in [0.05, 0.1) is 11.5 Å². The van der Waals surface area contributed by atoms with E-state index in [2.05, 4.69) is 4.98 Å². The molecule has 1 aromatic rings. The predicted octanol–water partition coefficient (Wildman–Crippen LogP) is -0.801. The number of hydrogen-bond donors (Lipinski definition) is 1. The normalized spacial score (nSPS) is 24.0. The lowest BCUT2D eigenvalue weighted by Gasteiger charge is -2.10. The molecule has 0 bridgehead atoms. The fraction of sp³-hybridized carbons (Fsp3) is 0.625. The number of rotatable bonds is 2. The number of aryl methyl sites for hydroxylation is 1. The van der Waals surface area contributed by atoms with Crippen LogP contribution >= 0.6 is 0 Å². The summed E-state index contributed by atoms with van der Waals surface area (Å²) in [6, 6.07) is -0.247. The highest BCUT2D eigenvalue weighted by atomic mass is 32.2. The molecule has 1 saturated heterocycles. The Bertz CT molecular complexity index is 644. The number of imidazole rings is 1. The maximum atomic E-state index is 11.4. The lowest BCUT2D eigenvalue weighted by atomic mass is 10.2. The molecule has 2 rings (SSSR count). The van der Waals surface area contributed by atoms with E-state index in [0.717, 1.165) is 0 Å². The van der Waals surface area contributed by atoms with Gasteiger partial charge < -0.3 is 4.57 Å². The molecule has 2 N–H and O–H groups in total. The van der Waals surface area contributed by atoms with Crippen molar-refractivity contribution in [2.45, 2.75) is 24.4 Å². The Morgan fingerprint density at radius 3 is 2.59 bits per heavy atom. The standard InChI is InChI=1S/C8H13N3O4S2/c1-6-10-8(17(9,14)15)4-11(6)7-2-3-16(12,13)5-7/h4,7H,2-3,5H2,1H3,(H2,9,14,15). The number of nitrogens with zero attached hydrogens (tertiary/aromatic N) is 2. The molecule has 17 heavy (non-hydrogen) atoms. The molecular weight excluding hydrogens is 266 g/mol. The van der Waals surface area contributed by atoms with Crippen LogP contribution in [0.2, 0.25) is 0 Å². The van der Waals surface area contributed by atoms with Gasteiger partial charge in [0.1, 0.15) is 5.82 Å². The molecule has 0 spiro atoms. The van der Waals surface area contributed by atoms with Crippen LogP contribution in [0.15, 0.2) is 11.2 Å². The molecule has 7 nitrogen and oxygen atoms in total. The molecule has 1 unspecified atom stereocenters. The second kappa shape index (κ2) is 3.79. The maximum Gasteiger partial charge on any atom is 0.257 e. The van der Waals surface area contributed by atoms with Crippen LogP contribution in [-0.4, -0.2) is 37.9 Å². The Labute approximate surface area is 99.6 Å². The van der Waals surface area contributed by atoms with Crippen LogP contribution in [0, 0.1) is 6.92 Å². The van der Waals surface area contributed by atoms with Gasteiger partial charge in [0.2, 0.25) is 0 Å². The Hall–Kier alpha value is -0.930. The van der Waals surface area contributed by atoms with E-state index < -0.39 is 19.9 Å². The van der Waals surface area contributed by atoms with Gasteiger partial charge in [-0.1, -0.05) is 0 Å². The first kappa shape index (κ1) is 12.5. The number of nitrogens with two attached hydrogens (primary N) is 1. The van der Waals surface area contributed by atoms with Crippen LogP contribution in [0.1, 0.15) is 18.3 Å². The first-order valence-corrected chi connectivity index (χ1v) is 8.34. The smallest absolute Gasteiger partial charge is 0.257 e. The van der Waals surface area contributed by atoms with E-state index in [-0.39, 0.29) is 22.6 Å². The van der Waals surface area contributed by atoms with Gasteiger partial charge in [-0.15, -0.1) is 0 Å². The van der Waals surface area contributed by atoms with Gasteiger partial charge in [-0.05, 0) is 13.3 Å². The minimum Gasteiger partial charge on any atom is -0.330 e. The third-order valence-corrected chi connectivity index (χ3v) is 5.32. The van der Waals surface area contributed by atoms with Gasteiger partial charge in [0.25, 0.3) is 10.0 Å². The molecule has 1 aromatic heterocycles. The van der Waals surface area contributed by atoms with Crippen molar-refractivity contribution in [3.8, 4) is 0 Å². The van der Waals surface area contributed by atoms with Crippen molar-refractivity contribution in [2.24, 2.45) is 5.14 Å². The number of sulfonamides is 1. The fourth-order valence-corrected chi connectivity index (χ4v) is 4.19. The molecule has 0 saturated carbocycles. The van der Waals surface area contributed by atoms with Crippen LogP contribution in [0.25, 0.3) is 0 Å². The molecule has 1 fully saturated rings. The molecule has 1 aliphatic rings. The predicted molar refractivity (Wildman–Crippen MR) is 60.6 cm³/mol. The van der Waals surface area contributed by atoms with Gasteiger partial charge in [0, 0.05) is 12.2 Å². The topological polar surface area (TPSA) is 112 Å². The Kier molecular flexibility index (Phi) is 2.79. The summed E-state index contributed by atoms with van der Waals surface area (Å²) in [5, 5.41) is 4.75. The van der Waals surface area contributed by atoms with Crippen LogP contribution in [0.4, 0.5) is 0 Å². The Morgan fingerprint density at radius 2 is 2.18 bits per heavy atom. The molecule has 0 amide bonds. The first-order chi connectivity index (χ1) is 7.69. The maximum absolute atomic E-state index is 11.4. The van der Waals surface area contributed by atoms with Crippen molar-refractivity contribution in [3.63, 3.8) is 0 Å². The Balaban J connectivity index is 2.39. The first-order valence-electron chi connectivity index (χ1n) is 4.98. The highest BCUT2D eigenvalue weighted by Gasteiger charge is 2.30. The molecule has 2 heterocycles. The molecule has 0 aromatic carbocycles. The van der Waals surface area contributed by atoms with E-state index in [1.165, 1.54) is 6.20 Å². The summed E-state index contributed by atoms with van der Waals surface area (Å²) in [5.74, 6) is 0.602. The molecule has 96 valence electrons. The van der Waals surface area contributed by atoms with Gasteiger partial charge in [-0.25, -0.2) is 27.0 Å². The highest BCUT2D eigenvalue weighted by molar-refractivity contribution is 7.91. The van der Waals surface area contributed by atoms with Gasteiger partial charge in [-0.2, -0.15) is 0 Å². The second-order valence-electron chi connectivity index (χ2n) is 4.14. The molecule has 9 heteroatoms. The summed E-state index contributed by atoms with van der Waals surface area (Å²) >= 11 is 0. The van der Waals surface area contributed by atoms with Crippen molar-refractivity contribution in [3.05, 3.63) is 12.0 Å². The van der Waals surface area contributed by atoms with Crippen LogP contribution in [0.5, 0.6) is 0 Å². The van der Waals surface area contributed by atoms with Crippen molar-refractivity contribution < 1.29 is 16.8 Å². The van der Waals surface area contributed by atoms with E-state index in [1.54, 1.807) is 11.5 Å². The molecular formula is C8H13N3O4S2. The number of primary sulfonamides is 1.